The number of amides is 2. The van der Waals surface area contributed by atoms with Crippen LogP contribution in [0.5, 0.6) is 0 Å². The molecule has 1 atom stereocenters. The predicted molar refractivity (Wildman–Crippen MR) is 90.4 cm³/mol. The molecule has 2 amide bonds. The molecule has 24 heavy (non-hydrogen) atoms. The summed E-state index contributed by atoms with van der Waals surface area (Å²) in [5.74, 6) is 0. The van der Waals surface area contributed by atoms with Gasteiger partial charge in [-0.15, -0.1) is 0 Å². The SMILES string of the molecule is CN(Cc1cccc(C#N)c1)C(=O)NCCCOCC1CCCO1. The summed E-state index contributed by atoms with van der Waals surface area (Å²) in [4.78, 5) is 13.6. The molecule has 1 N–H and O–H groups in total. The van der Waals surface area contributed by atoms with Gasteiger partial charge in [0.25, 0.3) is 0 Å². The van der Waals surface area contributed by atoms with Crippen molar-refractivity contribution in [2.24, 2.45) is 0 Å². The van der Waals surface area contributed by atoms with Crippen LogP contribution in [-0.2, 0) is 16.0 Å². The van der Waals surface area contributed by atoms with Gasteiger partial charge in [-0.05, 0) is 37.0 Å². The van der Waals surface area contributed by atoms with Crippen molar-refractivity contribution in [3.63, 3.8) is 0 Å². The van der Waals surface area contributed by atoms with E-state index in [0.717, 1.165) is 31.4 Å². The third kappa shape index (κ3) is 6.19. The smallest absolute Gasteiger partial charge is 0.317 e. The van der Waals surface area contributed by atoms with Gasteiger partial charge in [0.2, 0.25) is 0 Å². The molecule has 130 valence electrons. The molecular weight excluding hydrogens is 306 g/mol. The summed E-state index contributed by atoms with van der Waals surface area (Å²) >= 11 is 0. The standard InChI is InChI=1S/C18H25N3O3/c1-21(13-16-6-2-5-15(11-16)12-19)18(22)20-8-4-9-23-14-17-7-3-10-24-17/h2,5-6,11,17H,3-4,7-10,13-14H2,1H3,(H,20,22). The number of nitrogens with one attached hydrogen (secondary N) is 1. The topological polar surface area (TPSA) is 74.6 Å². The first-order chi connectivity index (χ1) is 11.7. The Morgan fingerprint density at radius 3 is 3.17 bits per heavy atom. The van der Waals surface area contributed by atoms with Crippen molar-refractivity contribution in [2.45, 2.75) is 31.9 Å². The van der Waals surface area contributed by atoms with Gasteiger partial charge in [0.15, 0.2) is 0 Å². The Morgan fingerprint density at radius 1 is 1.54 bits per heavy atom. The van der Waals surface area contributed by atoms with Gasteiger partial charge >= 0.3 is 6.03 Å². The summed E-state index contributed by atoms with van der Waals surface area (Å²) in [7, 11) is 1.74. The number of nitriles is 1. The first kappa shape index (κ1) is 18.2. The van der Waals surface area contributed by atoms with Crippen LogP contribution in [0.2, 0.25) is 0 Å². The highest BCUT2D eigenvalue weighted by molar-refractivity contribution is 5.73. The quantitative estimate of drug-likeness (QED) is 0.742. The number of carbonyl (C=O) groups excluding carboxylic acids is 1. The lowest BCUT2D eigenvalue weighted by atomic mass is 10.1. The lowest BCUT2D eigenvalue weighted by Gasteiger charge is -2.18. The molecule has 0 aliphatic carbocycles. The fourth-order valence-electron chi connectivity index (χ4n) is 2.58. The van der Waals surface area contributed by atoms with E-state index in [0.29, 0.717) is 31.9 Å². The number of carbonyl (C=O) groups is 1. The highest BCUT2D eigenvalue weighted by Crippen LogP contribution is 2.11. The van der Waals surface area contributed by atoms with E-state index in [-0.39, 0.29) is 12.1 Å². The fourth-order valence-corrected chi connectivity index (χ4v) is 2.58. The number of hydrogen-bond donors (Lipinski definition) is 1. The van der Waals surface area contributed by atoms with Crippen molar-refractivity contribution in [1.29, 1.82) is 5.26 Å². The Balaban J connectivity index is 1.58. The Morgan fingerprint density at radius 2 is 2.42 bits per heavy atom. The molecule has 0 saturated carbocycles. The maximum atomic E-state index is 12.0. The Bertz CT molecular complexity index is 565. The molecule has 1 unspecified atom stereocenters. The van der Waals surface area contributed by atoms with Crippen LogP contribution in [0.4, 0.5) is 4.79 Å². The molecule has 1 fully saturated rings. The Labute approximate surface area is 143 Å². The number of rotatable bonds is 8. The maximum absolute atomic E-state index is 12.0. The predicted octanol–water partition coefficient (Wildman–Crippen LogP) is 2.29. The van der Waals surface area contributed by atoms with Crippen LogP contribution in [0, 0.1) is 11.3 Å². The summed E-state index contributed by atoms with van der Waals surface area (Å²) in [6, 6.07) is 9.25. The van der Waals surface area contributed by atoms with E-state index in [9.17, 15) is 4.79 Å². The van der Waals surface area contributed by atoms with Crippen LogP contribution in [0.3, 0.4) is 0 Å². The molecule has 0 radical (unpaired) electrons. The highest BCUT2D eigenvalue weighted by atomic mass is 16.5. The summed E-state index contributed by atoms with van der Waals surface area (Å²) in [6.45, 7) is 3.15. The van der Waals surface area contributed by atoms with Crippen LogP contribution < -0.4 is 5.32 Å². The summed E-state index contributed by atoms with van der Waals surface area (Å²) in [5.41, 5.74) is 1.54. The molecule has 1 aliphatic rings. The van der Waals surface area contributed by atoms with Gasteiger partial charge in [0.05, 0.1) is 24.3 Å². The van der Waals surface area contributed by atoms with Crippen LogP contribution in [-0.4, -0.2) is 50.4 Å². The molecule has 0 bridgehead atoms. The van der Waals surface area contributed by atoms with Crippen LogP contribution in [0.1, 0.15) is 30.4 Å². The van der Waals surface area contributed by atoms with Crippen molar-refractivity contribution in [3.05, 3.63) is 35.4 Å². The highest BCUT2D eigenvalue weighted by Gasteiger charge is 2.15. The summed E-state index contributed by atoms with van der Waals surface area (Å²) < 4.78 is 11.0. The van der Waals surface area contributed by atoms with Gasteiger partial charge in [-0.25, -0.2) is 4.79 Å². The third-order valence-corrected chi connectivity index (χ3v) is 3.89. The van der Waals surface area contributed by atoms with Gasteiger partial charge in [-0.2, -0.15) is 5.26 Å². The van der Waals surface area contributed by atoms with Crippen molar-refractivity contribution in [1.82, 2.24) is 10.2 Å². The van der Waals surface area contributed by atoms with Crippen LogP contribution in [0.25, 0.3) is 0 Å². The number of benzene rings is 1. The van der Waals surface area contributed by atoms with Crippen molar-refractivity contribution < 1.29 is 14.3 Å². The zero-order valence-corrected chi connectivity index (χ0v) is 14.2. The molecule has 2 rings (SSSR count). The van der Waals surface area contributed by atoms with Gasteiger partial charge < -0.3 is 19.7 Å². The Hall–Kier alpha value is -2.10. The zero-order chi connectivity index (χ0) is 17.2. The van der Waals surface area contributed by atoms with E-state index in [4.69, 9.17) is 14.7 Å². The van der Waals surface area contributed by atoms with E-state index >= 15 is 0 Å². The van der Waals surface area contributed by atoms with Gasteiger partial charge in [-0.1, -0.05) is 12.1 Å². The fraction of sp³-hybridized carbons (Fsp3) is 0.556. The minimum atomic E-state index is -0.128. The summed E-state index contributed by atoms with van der Waals surface area (Å²) in [6.07, 6.45) is 3.22. The molecular formula is C18H25N3O3. The van der Waals surface area contributed by atoms with E-state index in [1.165, 1.54) is 0 Å². The second-order valence-corrected chi connectivity index (χ2v) is 5.96. The van der Waals surface area contributed by atoms with E-state index < -0.39 is 0 Å². The molecule has 6 nitrogen and oxygen atoms in total. The van der Waals surface area contributed by atoms with Crippen LogP contribution >= 0.6 is 0 Å². The molecule has 1 heterocycles. The van der Waals surface area contributed by atoms with Crippen molar-refractivity contribution in [2.75, 3.05) is 33.4 Å². The van der Waals surface area contributed by atoms with Crippen LogP contribution in [0.15, 0.2) is 24.3 Å². The minimum Gasteiger partial charge on any atom is -0.379 e. The normalized spacial score (nSPS) is 16.6. The minimum absolute atomic E-state index is 0.128. The number of ether oxygens (including phenoxy) is 2. The van der Waals surface area contributed by atoms with E-state index in [2.05, 4.69) is 11.4 Å². The molecule has 1 aromatic rings. The largest absolute Gasteiger partial charge is 0.379 e. The average Bonchev–Trinajstić information content (AvgIpc) is 3.11. The monoisotopic (exact) mass is 331 g/mol. The molecule has 1 aromatic carbocycles. The molecule has 1 aliphatic heterocycles. The van der Waals surface area contributed by atoms with Crippen molar-refractivity contribution in [3.8, 4) is 6.07 Å². The number of nitrogens with zero attached hydrogens (tertiary/aromatic N) is 2. The van der Waals surface area contributed by atoms with Gasteiger partial charge in [0, 0.05) is 33.4 Å². The maximum Gasteiger partial charge on any atom is 0.317 e. The van der Waals surface area contributed by atoms with Gasteiger partial charge in [0.1, 0.15) is 0 Å². The second-order valence-electron chi connectivity index (χ2n) is 5.96. The zero-order valence-electron chi connectivity index (χ0n) is 14.2. The van der Waals surface area contributed by atoms with E-state index in [1.54, 1.807) is 24.1 Å². The molecule has 1 saturated heterocycles. The number of urea groups is 1. The third-order valence-electron chi connectivity index (χ3n) is 3.89. The van der Waals surface area contributed by atoms with Gasteiger partial charge in [-0.3, -0.25) is 0 Å². The van der Waals surface area contributed by atoms with E-state index in [1.807, 2.05) is 12.1 Å². The first-order valence-electron chi connectivity index (χ1n) is 8.36. The molecule has 6 heteroatoms. The molecule has 0 spiro atoms. The lowest BCUT2D eigenvalue weighted by molar-refractivity contribution is 0.0167. The first-order valence-corrected chi connectivity index (χ1v) is 8.36. The second kappa shape index (κ2) is 9.91. The average molecular weight is 331 g/mol. The van der Waals surface area contributed by atoms with Crippen molar-refractivity contribution >= 4 is 6.03 Å². The lowest BCUT2D eigenvalue weighted by Crippen LogP contribution is -2.37. The summed E-state index contributed by atoms with van der Waals surface area (Å²) in [5, 5.41) is 11.8. The number of hydrogen-bond acceptors (Lipinski definition) is 4. The molecule has 0 aromatic heterocycles. The Kier molecular flexibility index (Phi) is 7.53.